The highest BCUT2D eigenvalue weighted by Crippen LogP contribution is 2.31. The molecule has 1 aliphatic rings. The number of fused-ring (bicyclic) bond motifs is 1. The summed E-state index contributed by atoms with van der Waals surface area (Å²) in [6.45, 7) is 1.74. The number of hydrogen-bond acceptors (Lipinski definition) is 6. The van der Waals surface area contributed by atoms with E-state index in [0.29, 0.717) is 36.0 Å². The van der Waals surface area contributed by atoms with E-state index in [-0.39, 0.29) is 0 Å². The molecule has 20 heavy (non-hydrogen) atoms. The molecule has 0 radical (unpaired) electrons. The molecule has 1 aromatic carbocycles. The number of anilines is 2. The molecule has 1 aliphatic heterocycles. The second-order valence-corrected chi connectivity index (χ2v) is 5.07. The Hall–Kier alpha value is -2.02. The predicted octanol–water partition coefficient (Wildman–Crippen LogP) is 2.20. The number of ether oxygens (including phenoxy) is 2. The van der Waals surface area contributed by atoms with Crippen molar-refractivity contribution >= 4 is 27.6 Å². The Kier molecular flexibility index (Phi) is 3.60. The Morgan fingerprint density at radius 1 is 1.25 bits per heavy atom. The Morgan fingerprint density at radius 2 is 2.05 bits per heavy atom. The average Bonchev–Trinajstić information content (AvgIpc) is 2.48. The first-order valence-corrected chi connectivity index (χ1v) is 6.92. The molecule has 7 heteroatoms. The predicted molar refractivity (Wildman–Crippen MR) is 78.9 cm³/mol. The van der Waals surface area contributed by atoms with Crippen molar-refractivity contribution in [3.63, 3.8) is 0 Å². The first-order valence-electron chi connectivity index (χ1n) is 6.13. The van der Waals surface area contributed by atoms with Crippen molar-refractivity contribution in [3.8, 4) is 11.5 Å². The van der Waals surface area contributed by atoms with Gasteiger partial charge in [0.05, 0.1) is 6.20 Å². The Labute approximate surface area is 124 Å². The lowest BCUT2D eigenvalue weighted by Crippen LogP contribution is -2.15. The van der Waals surface area contributed by atoms with Gasteiger partial charge < -0.3 is 20.5 Å². The maximum atomic E-state index is 5.76. The molecule has 104 valence electrons. The molecular weight excluding hydrogens is 324 g/mol. The van der Waals surface area contributed by atoms with Crippen LogP contribution < -0.4 is 20.5 Å². The maximum Gasteiger partial charge on any atom is 0.170 e. The molecule has 6 nitrogen and oxygen atoms in total. The number of nitrogen functional groups attached to an aromatic ring is 1. The minimum absolute atomic E-state index is 0.366. The highest BCUT2D eigenvalue weighted by atomic mass is 79.9. The van der Waals surface area contributed by atoms with Crippen molar-refractivity contribution in [3.05, 3.63) is 34.6 Å². The molecular formula is C13H13BrN4O2. The molecule has 3 N–H and O–H groups in total. The van der Waals surface area contributed by atoms with Crippen LogP contribution in [0.25, 0.3) is 0 Å². The zero-order valence-corrected chi connectivity index (χ0v) is 12.2. The van der Waals surface area contributed by atoms with Gasteiger partial charge in [0.2, 0.25) is 0 Å². The summed E-state index contributed by atoms with van der Waals surface area (Å²) in [6, 6.07) is 5.83. The highest BCUT2D eigenvalue weighted by molar-refractivity contribution is 9.10. The molecule has 0 saturated carbocycles. The molecule has 0 spiro atoms. The van der Waals surface area contributed by atoms with Crippen LogP contribution in [0.3, 0.4) is 0 Å². The summed E-state index contributed by atoms with van der Waals surface area (Å²) in [5.74, 6) is 2.46. The molecule has 0 bridgehead atoms. The summed E-state index contributed by atoms with van der Waals surface area (Å²) < 4.78 is 11.7. The third-order valence-corrected chi connectivity index (χ3v) is 3.22. The molecule has 0 amide bonds. The van der Waals surface area contributed by atoms with Gasteiger partial charge in [-0.05, 0) is 33.6 Å². The molecule has 2 heterocycles. The summed E-state index contributed by atoms with van der Waals surface area (Å²) in [7, 11) is 0. The zero-order chi connectivity index (χ0) is 13.9. The van der Waals surface area contributed by atoms with Crippen molar-refractivity contribution in [1.82, 2.24) is 9.97 Å². The van der Waals surface area contributed by atoms with E-state index in [4.69, 9.17) is 15.2 Å². The Bertz CT molecular complexity index is 636. The van der Waals surface area contributed by atoms with Crippen LogP contribution in [-0.4, -0.2) is 23.2 Å². The van der Waals surface area contributed by atoms with E-state index in [1.165, 1.54) is 0 Å². The quantitative estimate of drug-likeness (QED) is 0.894. The van der Waals surface area contributed by atoms with Gasteiger partial charge in [0, 0.05) is 6.54 Å². The largest absolute Gasteiger partial charge is 0.486 e. The average molecular weight is 337 g/mol. The lowest BCUT2D eigenvalue weighted by molar-refractivity contribution is 0.171. The van der Waals surface area contributed by atoms with Crippen molar-refractivity contribution in [2.24, 2.45) is 0 Å². The summed E-state index contributed by atoms with van der Waals surface area (Å²) in [4.78, 5) is 8.26. The summed E-state index contributed by atoms with van der Waals surface area (Å²) >= 11 is 3.27. The fourth-order valence-electron chi connectivity index (χ4n) is 1.89. The second kappa shape index (κ2) is 5.54. The van der Waals surface area contributed by atoms with E-state index in [1.54, 1.807) is 6.20 Å². The lowest BCUT2D eigenvalue weighted by Gasteiger charge is -2.19. The van der Waals surface area contributed by atoms with Crippen LogP contribution in [0, 0.1) is 0 Å². The molecule has 2 aromatic rings. The topological polar surface area (TPSA) is 82.3 Å². The van der Waals surface area contributed by atoms with Gasteiger partial charge in [0.1, 0.15) is 17.8 Å². The Balaban J connectivity index is 1.73. The van der Waals surface area contributed by atoms with Gasteiger partial charge in [-0.25, -0.2) is 9.97 Å². The lowest BCUT2D eigenvalue weighted by atomic mass is 10.2. The van der Waals surface area contributed by atoms with Gasteiger partial charge >= 0.3 is 0 Å². The number of rotatable bonds is 3. The van der Waals surface area contributed by atoms with Crippen molar-refractivity contribution in [1.29, 1.82) is 0 Å². The van der Waals surface area contributed by atoms with Crippen molar-refractivity contribution in [2.75, 3.05) is 24.3 Å². The van der Waals surface area contributed by atoms with Crippen LogP contribution in [0.2, 0.25) is 0 Å². The maximum absolute atomic E-state index is 5.76. The fraction of sp³-hybridized carbons (Fsp3) is 0.231. The van der Waals surface area contributed by atoms with E-state index in [2.05, 4.69) is 31.2 Å². The number of nitrogens with zero attached hydrogens (tertiary/aromatic N) is 2. The number of hydrogen-bond donors (Lipinski definition) is 2. The van der Waals surface area contributed by atoms with Gasteiger partial charge in [-0.3, -0.25) is 0 Å². The van der Waals surface area contributed by atoms with Gasteiger partial charge in [0.25, 0.3) is 0 Å². The first-order chi connectivity index (χ1) is 9.72. The molecule has 0 saturated heterocycles. The molecule has 0 fully saturated rings. The van der Waals surface area contributed by atoms with Crippen LogP contribution >= 0.6 is 15.9 Å². The molecule has 0 unspecified atom stereocenters. The molecule has 0 aliphatic carbocycles. The number of nitrogens with two attached hydrogens (primary N) is 1. The number of halogens is 1. The van der Waals surface area contributed by atoms with E-state index in [0.717, 1.165) is 17.1 Å². The minimum atomic E-state index is 0.366. The van der Waals surface area contributed by atoms with E-state index in [1.807, 2.05) is 18.2 Å². The normalized spacial score (nSPS) is 13.1. The molecule has 3 rings (SSSR count). The Morgan fingerprint density at radius 3 is 2.90 bits per heavy atom. The second-order valence-electron chi connectivity index (χ2n) is 4.26. The summed E-state index contributed by atoms with van der Waals surface area (Å²) in [5, 5.41) is 3.15. The van der Waals surface area contributed by atoms with Gasteiger partial charge in [0.15, 0.2) is 23.1 Å². The number of benzene rings is 1. The molecule has 1 aromatic heterocycles. The molecule has 0 atom stereocenters. The van der Waals surface area contributed by atoms with Crippen LogP contribution in [0.15, 0.2) is 29.0 Å². The number of aromatic nitrogens is 2. The highest BCUT2D eigenvalue weighted by Gasteiger charge is 2.12. The van der Waals surface area contributed by atoms with Crippen LogP contribution in [-0.2, 0) is 6.54 Å². The first kappa shape index (κ1) is 13.0. The summed E-state index contributed by atoms with van der Waals surface area (Å²) in [6.07, 6.45) is 1.56. The zero-order valence-electron chi connectivity index (χ0n) is 10.6. The number of nitrogens with one attached hydrogen (secondary N) is 1. The van der Waals surface area contributed by atoms with Gasteiger partial charge in [-0.15, -0.1) is 0 Å². The van der Waals surface area contributed by atoms with Crippen LogP contribution in [0.5, 0.6) is 11.5 Å². The smallest absolute Gasteiger partial charge is 0.170 e. The minimum Gasteiger partial charge on any atom is -0.486 e. The SMILES string of the molecule is Nc1ncc(Br)nc1NCc1ccc2c(c1)OCCO2. The third kappa shape index (κ3) is 2.77. The van der Waals surface area contributed by atoms with Gasteiger partial charge in [-0.1, -0.05) is 6.07 Å². The van der Waals surface area contributed by atoms with E-state index in [9.17, 15) is 0 Å². The standard InChI is InChI=1S/C13H13BrN4O2/c14-11-7-16-12(15)13(18-11)17-6-8-1-2-9-10(5-8)20-4-3-19-9/h1-2,5,7H,3-4,6H2,(H2,15,16)(H,17,18). The van der Waals surface area contributed by atoms with E-state index >= 15 is 0 Å². The monoisotopic (exact) mass is 336 g/mol. The summed E-state index contributed by atoms with van der Waals surface area (Å²) in [5.41, 5.74) is 6.81. The fourth-order valence-corrected chi connectivity index (χ4v) is 2.17. The van der Waals surface area contributed by atoms with E-state index < -0.39 is 0 Å². The van der Waals surface area contributed by atoms with Crippen molar-refractivity contribution in [2.45, 2.75) is 6.54 Å². The van der Waals surface area contributed by atoms with Crippen LogP contribution in [0.4, 0.5) is 11.6 Å². The van der Waals surface area contributed by atoms with Crippen LogP contribution in [0.1, 0.15) is 5.56 Å². The van der Waals surface area contributed by atoms with Gasteiger partial charge in [-0.2, -0.15) is 0 Å². The van der Waals surface area contributed by atoms with Crippen molar-refractivity contribution < 1.29 is 9.47 Å². The third-order valence-electron chi connectivity index (χ3n) is 2.84.